The lowest BCUT2D eigenvalue weighted by Crippen LogP contribution is -2.35. The maximum Gasteiger partial charge on any atom is 0.256 e. The molecule has 0 saturated carbocycles. The molecule has 1 aromatic heterocycles. The van der Waals surface area contributed by atoms with Gasteiger partial charge in [0.05, 0.1) is 18.9 Å². The van der Waals surface area contributed by atoms with E-state index >= 15 is 0 Å². The molecular weight excluding hydrogens is 224 g/mol. The van der Waals surface area contributed by atoms with Gasteiger partial charge in [-0.15, -0.1) is 0 Å². The molecule has 1 unspecified atom stereocenters. The zero-order valence-corrected chi connectivity index (χ0v) is 10.3. The lowest BCUT2D eigenvalue weighted by atomic mass is 10.3. The van der Waals surface area contributed by atoms with Crippen molar-refractivity contribution in [2.75, 3.05) is 33.1 Å². The number of methoxy groups -OCH3 is 2. The Kier molecular flexibility index (Phi) is 4.92. The third-order valence-electron chi connectivity index (χ3n) is 2.41. The normalized spacial score (nSPS) is 12.4. The second-order valence-electron chi connectivity index (χ2n) is 3.59. The third kappa shape index (κ3) is 3.43. The van der Waals surface area contributed by atoms with E-state index in [0.717, 1.165) is 0 Å². The fourth-order valence-corrected chi connectivity index (χ4v) is 1.32. The minimum Gasteiger partial charge on any atom is -0.383 e. The van der Waals surface area contributed by atoms with Gasteiger partial charge in [-0.2, -0.15) is 5.10 Å². The van der Waals surface area contributed by atoms with Gasteiger partial charge in [0, 0.05) is 27.8 Å². The molecule has 1 aromatic rings. The van der Waals surface area contributed by atoms with Crippen LogP contribution in [0.5, 0.6) is 0 Å². The van der Waals surface area contributed by atoms with E-state index in [1.165, 1.54) is 10.9 Å². The van der Waals surface area contributed by atoms with Gasteiger partial charge in [-0.05, 0) is 0 Å². The maximum atomic E-state index is 11.8. The minimum atomic E-state index is -0.270. The number of nitrogens with one attached hydrogen (secondary N) is 1. The fraction of sp³-hybridized carbons (Fsp3) is 0.600. The van der Waals surface area contributed by atoms with E-state index in [2.05, 4.69) is 10.4 Å². The first-order valence-corrected chi connectivity index (χ1v) is 5.17. The summed E-state index contributed by atoms with van der Waals surface area (Å²) in [6.45, 7) is 0.775. The molecule has 0 fully saturated rings. The number of amides is 1. The standard InChI is InChI=1S/C10H18N4O3/c1-14-9(11)8(5-13-14)10(15)12-4-7(17-3)6-16-2/h5,7H,4,6,11H2,1-3H3,(H,12,15). The Morgan fingerprint density at radius 2 is 2.35 bits per heavy atom. The van der Waals surface area contributed by atoms with Crippen molar-refractivity contribution in [2.24, 2.45) is 7.05 Å². The topological polar surface area (TPSA) is 91.4 Å². The highest BCUT2D eigenvalue weighted by Gasteiger charge is 2.15. The zero-order valence-electron chi connectivity index (χ0n) is 10.3. The monoisotopic (exact) mass is 242 g/mol. The van der Waals surface area contributed by atoms with Gasteiger partial charge < -0.3 is 20.5 Å². The lowest BCUT2D eigenvalue weighted by molar-refractivity contribution is 0.0285. The number of aromatic nitrogens is 2. The van der Waals surface area contributed by atoms with Crippen LogP contribution in [0, 0.1) is 0 Å². The molecule has 0 aliphatic carbocycles. The summed E-state index contributed by atoms with van der Waals surface area (Å²) in [6, 6.07) is 0. The Labute approximate surface area is 99.9 Å². The van der Waals surface area contributed by atoms with Crippen LogP contribution in [0.25, 0.3) is 0 Å². The van der Waals surface area contributed by atoms with Gasteiger partial charge in [-0.25, -0.2) is 0 Å². The van der Waals surface area contributed by atoms with Crippen molar-refractivity contribution in [1.29, 1.82) is 0 Å². The number of carbonyl (C=O) groups is 1. The molecule has 7 nitrogen and oxygen atoms in total. The van der Waals surface area contributed by atoms with Crippen molar-refractivity contribution in [3.8, 4) is 0 Å². The van der Waals surface area contributed by atoms with Crippen LogP contribution in [0.15, 0.2) is 6.20 Å². The molecule has 0 bridgehead atoms. The van der Waals surface area contributed by atoms with Crippen molar-refractivity contribution in [3.63, 3.8) is 0 Å². The molecule has 3 N–H and O–H groups in total. The van der Waals surface area contributed by atoms with Gasteiger partial charge in [-0.3, -0.25) is 9.48 Å². The highest BCUT2D eigenvalue weighted by atomic mass is 16.5. The highest BCUT2D eigenvalue weighted by Crippen LogP contribution is 2.08. The summed E-state index contributed by atoms with van der Waals surface area (Å²) in [5, 5.41) is 6.61. The van der Waals surface area contributed by atoms with Gasteiger partial charge in [-0.1, -0.05) is 0 Å². The minimum absolute atomic E-state index is 0.179. The summed E-state index contributed by atoms with van der Waals surface area (Å²) in [5.41, 5.74) is 6.05. The highest BCUT2D eigenvalue weighted by molar-refractivity contribution is 5.98. The number of anilines is 1. The second kappa shape index (κ2) is 6.21. The first-order valence-electron chi connectivity index (χ1n) is 5.17. The van der Waals surface area contributed by atoms with Gasteiger partial charge in [0.1, 0.15) is 11.4 Å². The number of nitrogens with two attached hydrogens (primary N) is 1. The van der Waals surface area contributed by atoms with E-state index in [1.54, 1.807) is 21.3 Å². The van der Waals surface area contributed by atoms with E-state index in [0.29, 0.717) is 24.5 Å². The molecule has 0 radical (unpaired) electrons. The Morgan fingerprint density at radius 1 is 1.65 bits per heavy atom. The number of nitrogens with zero attached hydrogens (tertiary/aromatic N) is 2. The van der Waals surface area contributed by atoms with E-state index < -0.39 is 0 Å². The second-order valence-corrected chi connectivity index (χ2v) is 3.59. The molecule has 0 aromatic carbocycles. The molecule has 7 heteroatoms. The van der Waals surface area contributed by atoms with Crippen LogP contribution in [0.3, 0.4) is 0 Å². The van der Waals surface area contributed by atoms with E-state index in [4.69, 9.17) is 15.2 Å². The number of nitrogen functional groups attached to an aromatic ring is 1. The predicted octanol–water partition coefficient (Wildman–Crippen LogP) is -0.606. The molecule has 1 atom stereocenters. The van der Waals surface area contributed by atoms with Gasteiger partial charge in [0.25, 0.3) is 5.91 Å². The van der Waals surface area contributed by atoms with Crippen LogP contribution in [0.4, 0.5) is 5.82 Å². The SMILES string of the molecule is COCC(CNC(=O)c1cnn(C)c1N)OC. The first kappa shape index (κ1) is 13.5. The van der Waals surface area contributed by atoms with Gasteiger partial charge >= 0.3 is 0 Å². The van der Waals surface area contributed by atoms with Crippen molar-refractivity contribution in [2.45, 2.75) is 6.10 Å². The molecule has 0 aliphatic heterocycles. The largest absolute Gasteiger partial charge is 0.383 e. The summed E-state index contributed by atoms with van der Waals surface area (Å²) in [7, 11) is 4.82. The molecule has 0 saturated heterocycles. The summed E-state index contributed by atoms with van der Waals surface area (Å²) < 4.78 is 11.5. The average Bonchev–Trinajstić information content (AvgIpc) is 2.65. The van der Waals surface area contributed by atoms with Crippen molar-refractivity contribution >= 4 is 11.7 Å². The zero-order chi connectivity index (χ0) is 12.8. The number of hydrogen-bond acceptors (Lipinski definition) is 5. The van der Waals surface area contributed by atoms with Crippen LogP contribution in [-0.2, 0) is 16.5 Å². The van der Waals surface area contributed by atoms with Crippen LogP contribution in [-0.4, -0.2) is 49.2 Å². The summed E-state index contributed by atoms with van der Waals surface area (Å²) in [5.74, 6) is 0.0666. The smallest absolute Gasteiger partial charge is 0.256 e. The summed E-state index contributed by atoms with van der Waals surface area (Å²) in [4.78, 5) is 11.8. The Balaban J connectivity index is 2.52. The van der Waals surface area contributed by atoms with Crippen LogP contribution >= 0.6 is 0 Å². The van der Waals surface area contributed by atoms with Crippen LogP contribution < -0.4 is 11.1 Å². The van der Waals surface area contributed by atoms with Gasteiger partial charge in [0.2, 0.25) is 0 Å². The van der Waals surface area contributed by atoms with Crippen LogP contribution in [0.2, 0.25) is 0 Å². The molecule has 1 rings (SSSR count). The van der Waals surface area contributed by atoms with Gasteiger partial charge in [0.15, 0.2) is 0 Å². The molecule has 0 spiro atoms. The predicted molar refractivity (Wildman–Crippen MR) is 62.6 cm³/mol. The first-order chi connectivity index (χ1) is 8.10. The Bertz CT molecular complexity index is 378. The lowest BCUT2D eigenvalue weighted by Gasteiger charge is -2.14. The number of rotatable bonds is 6. The third-order valence-corrected chi connectivity index (χ3v) is 2.41. The molecule has 0 aliphatic rings. The average molecular weight is 242 g/mol. The van der Waals surface area contributed by atoms with E-state index in [9.17, 15) is 4.79 Å². The van der Waals surface area contributed by atoms with E-state index in [1.807, 2.05) is 0 Å². The van der Waals surface area contributed by atoms with E-state index in [-0.39, 0.29) is 12.0 Å². The molecule has 96 valence electrons. The Hall–Kier alpha value is -1.60. The molecule has 17 heavy (non-hydrogen) atoms. The Morgan fingerprint density at radius 3 is 2.82 bits per heavy atom. The summed E-state index contributed by atoms with van der Waals surface area (Å²) >= 11 is 0. The quantitative estimate of drug-likeness (QED) is 0.694. The molecule has 1 amide bonds. The van der Waals surface area contributed by atoms with Crippen LogP contribution in [0.1, 0.15) is 10.4 Å². The maximum absolute atomic E-state index is 11.8. The fourth-order valence-electron chi connectivity index (χ4n) is 1.32. The number of hydrogen-bond donors (Lipinski definition) is 2. The number of aryl methyl sites for hydroxylation is 1. The molecule has 1 heterocycles. The van der Waals surface area contributed by atoms with Crippen molar-refractivity contribution in [3.05, 3.63) is 11.8 Å². The number of carbonyl (C=O) groups excluding carboxylic acids is 1. The summed E-state index contributed by atoms with van der Waals surface area (Å²) in [6.07, 6.45) is 1.25. The molecular formula is C10H18N4O3. The van der Waals surface area contributed by atoms with Crippen molar-refractivity contribution in [1.82, 2.24) is 15.1 Å². The number of ether oxygens (including phenoxy) is 2. The van der Waals surface area contributed by atoms with Crippen molar-refractivity contribution < 1.29 is 14.3 Å².